The Labute approximate surface area is 116 Å². The van der Waals surface area contributed by atoms with Crippen LogP contribution in [-0.2, 0) is 0 Å². The van der Waals surface area contributed by atoms with E-state index in [0.717, 1.165) is 31.7 Å². The molecular formula is C14H26N4O. The SMILES string of the molecule is CCCOc1ncnc(N(CC)CC(C)CC)c1N. The van der Waals surface area contributed by atoms with Crippen molar-refractivity contribution >= 4 is 11.5 Å². The highest BCUT2D eigenvalue weighted by molar-refractivity contribution is 5.67. The van der Waals surface area contributed by atoms with Crippen molar-refractivity contribution < 1.29 is 4.74 Å². The zero-order valence-electron chi connectivity index (χ0n) is 12.5. The zero-order chi connectivity index (χ0) is 14.3. The number of ether oxygens (including phenoxy) is 1. The fourth-order valence-electron chi connectivity index (χ4n) is 1.81. The molecule has 19 heavy (non-hydrogen) atoms. The third-order valence-electron chi connectivity index (χ3n) is 3.18. The van der Waals surface area contributed by atoms with E-state index in [1.807, 2.05) is 0 Å². The van der Waals surface area contributed by atoms with Crippen LogP contribution in [0, 0.1) is 5.92 Å². The minimum Gasteiger partial charge on any atom is -0.476 e. The van der Waals surface area contributed by atoms with Gasteiger partial charge in [0.25, 0.3) is 0 Å². The maximum absolute atomic E-state index is 6.13. The summed E-state index contributed by atoms with van der Waals surface area (Å²) in [7, 11) is 0. The van der Waals surface area contributed by atoms with Crippen LogP contribution >= 0.6 is 0 Å². The van der Waals surface area contributed by atoms with Gasteiger partial charge in [-0.25, -0.2) is 4.98 Å². The summed E-state index contributed by atoms with van der Waals surface area (Å²) in [4.78, 5) is 10.6. The average molecular weight is 266 g/mol. The fraction of sp³-hybridized carbons (Fsp3) is 0.714. The van der Waals surface area contributed by atoms with Crippen LogP contribution in [0.5, 0.6) is 5.88 Å². The van der Waals surface area contributed by atoms with E-state index in [4.69, 9.17) is 10.5 Å². The highest BCUT2D eigenvalue weighted by Gasteiger charge is 2.16. The van der Waals surface area contributed by atoms with E-state index in [0.29, 0.717) is 24.1 Å². The molecule has 0 fully saturated rings. The summed E-state index contributed by atoms with van der Waals surface area (Å²) in [6.07, 6.45) is 3.60. The van der Waals surface area contributed by atoms with Crippen LogP contribution < -0.4 is 15.4 Å². The molecule has 108 valence electrons. The van der Waals surface area contributed by atoms with Crippen molar-refractivity contribution in [3.63, 3.8) is 0 Å². The van der Waals surface area contributed by atoms with Crippen molar-refractivity contribution in [2.45, 2.75) is 40.5 Å². The molecule has 1 aromatic heterocycles. The molecule has 0 bridgehead atoms. The predicted octanol–water partition coefficient (Wildman–Crippen LogP) is 2.72. The summed E-state index contributed by atoms with van der Waals surface area (Å²) in [5.41, 5.74) is 6.67. The van der Waals surface area contributed by atoms with Gasteiger partial charge in [-0.3, -0.25) is 0 Å². The Morgan fingerprint density at radius 3 is 2.63 bits per heavy atom. The van der Waals surface area contributed by atoms with E-state index in [-0.39, 0.29) is 0 Å². The first-order chi connectivity index (χ1) is 9.13. The Morgan fingerprint density at radius 2 is 2.05 bits per heavy atom. The van der Waals surface area contributed by atoms with Crippen LogP contribution in [-0.4, -0.2) is 29.7 Å². The monoisotopic (exact) mass is 266 g/mol. The number of nitrogen functional groups attached to an aromatic ring is 1. The van der Waals surface area contributed by atoms with Crippen molar-refractivity contribution in [1.29, 1.82) is 0 Å². The number of aromatic nitrogens is 2. The summed E-state index contributed by atoms with van der Waals surface area (Å²) in [6, 6.07) is 0. The lowest BCUT2D eigenvalue weighted by molar-refractivity contribution is 0.306. The number of nitrogens with two attached hydrogens (primary N) is 1. The van der Waals surface area contributed by atoms with Crippen molar-refractivity contribution in [3.8, 4) is 5.88 Å². The molecule has 5 nitrogen and oxygen atoms in total. The van der Waals surface area contributed by atoms with Crippen LogP contribution in [0.3, 0.4) is 0 Å². The standard InChI is InChI=1S/C14H26N4O/c1-5-8-19-14-12(15)13(16-10-17-14)18(7-3)9-11(4)6-2/h10-11H,5-9,15H2,1-4H3. The van der Waals surface area contributed by atoms with Crippen LogP contribution in [0.1, 0.15) is 40.5 Å². The molecule has 0 saturated heterocycles. The molecule has 1 rings (SSSR count). The quantitative estimate of drug-likeness (QED) is 0.783. The molecule has 1 aromatic rings. The van der Waals surface area contributed by atoms with E-state index in [1.54, 1.807) is 0 Å². The minimum absolute atomic E-state index is 0.495. The van der Waals surface area contributed by atoms with Gasteiger partial charge in [-0.15, -0.1) is 0 Å². The van der Waals surface area contributed by atoms with Crippen molar-refractivity contribution in [3.05, 3.63) is 6.33 Å². The average Bonchev–Trinajstić information content (AvgIpc) is 2.43. The highest BCUT2D eigenvalue weighted by atomic mass is 16.5. The Hall–Kier alpha value is -1.52. The molecule has 0 aromatic carbocycles. The van der Waals surface area contributed by atoms with Gasteiger partial charge in [-0.1, -0.05) is 27.2 Å². The molecule has 0 aliphatic rings. The molecule has 2 N–H and O–H groups in total. The van der Waals surface area contributed by atoms with Crippen LogP contribution in [0.15, 0.2) is 6.33 Å². The van der Waals surface area contributed by atoms with Crippen molar-refractivity contribution in [2.24, 2.45) is 5.92 Å². The molecule has 5 heteroatoms. The highest BCUT2D eigenvalue weighted by Crippen LogP contribution is 2.28. The van der Waals surface area contributed by atoms with Gasteiger partial charge in [0.1, 0.15) is 12.0 Å². The van der Waals surface area contributed by atoms with Crippen molar-refractivity contribution in [2.75, 3.05) is 30.3 Å². The third-order valence-corrected chi connectivity index (χ3v) is 3.18. The molecule has 1 heterocycles. The molecule has 1 unspecified atom stereocenters. The van der Waals surface area contributed by atoms with Crippen LogP contribution in [0.25, 0.3) is 0 Å². The van der Waals surface area contributed by atoms with Gasteiger partial charge < -0.3 is 15.4 Å². The van der Waals surface area contributed by atoms with E-state index in [2.05, 4.69) is 42.6 Å². The van der Waals surface area contributed by atoms with E-state index in [9.17, 15) is 0 Å². The van der Waals surface area contributed by atoms with Gasteiger partial charge in [-0.2, -0.15) is 4.98 Å². The Balaban J connectivity index is 2.90. The number of hydrogen-bond acceptors (Lipinski definition) is 5. The molecule has 0 aliphatic heterocycles. The van der Waals surface area contributed by atoms with E-state index in [1.165, 1.54) is 6.33 Å². The predicted molar refractivity (Wildman–Crippen MR) is 79.6 cm³/mol. The smallest absolute Gasteiger partial charge is 0.242 e. The topological polar surface area (TPSA) is 64.3 Å². The largest absolute Gasteiger partial charge is 0.476 e. The number of rotatable bonds is 8. The molecule has 0 amide bonds. The molecule has 0 radical (unpaired) electrons. The summed E-state index contributed by atoms with van der Waals surface area (Å²) in [5.74, 6) is 1.88. The first-order valence-electron chi connectivity index (χ1n) is 7.12. The van der Waals surface area contributed by atoms with E-state index < -0.39 is 0 Å². The van der Waals surface area contributed by atoms with Gasteiger partial charge in [0, 0.05) is 13.1 Å². The van der Waals surface area contributed by atoms with E-state index >= 15 is 0 Å². The third kappa shape index (κ3) is 4.26. The Kier molecular flexibility index (Phi) is 6.39. The van der Waals surface area contributed by atoms with Crippen LogP contribution in [0.4, 0.5) is 11.5 Å². The maximum atomic E-state index is 6.13. The second kappa shape index (κ2) is 7.81. The number of nitrogens with zero attached hydrogens (tertiary/aromatic N) is 3. The summed E-state index contributed by atoms with van der Waals surface area (Å²) >= 11 is 0. The molecule has 0 spiro atoms. The Morgan fingerprint density at radius 1 is 1.32 bits per heavy atom. The maximum Gasteiger partial charge on any atom is 0.242 e. The van der Waals surface area contributed by atoms with Gasteiger partial charge in [0.05, 0.1) is 6.61 Å². The van der Waals surface area contributed by atoms with Gasteiger partial charge >= 0.3 is 0 Å². The minimum atomic E-state index is 0.495. The van der Waals surface area contributed by atoms with Gasteiger partial charge in [0.2, 0.25) is 5.88 Å². The molecule has 0 saturated carbocycles. The normalized spacial score (nSPS) is 12.2. The lowest BCUT2D eigenvalue weighted by atomic mass is 10.1. The fourth-order valence-corrected chi connectivity index (χ4v) is 1.81. The van der Waals surface area contributed by atoms with Gasteiger partial charge in [0.15, 0.2) is 5.82 Å². The molecule has 0 aliphatic carbocycles. The molecule has 1 atom stereocenters. The van der Waals surface area contributed by atoms with Crippen LogP contribution in [0.2, 0.25) is 0 Å². The zero-order valence-corrected chi connectivity index (χ0v) is 12.5. The second-order valence-corrected chi connectivity index (χ2v) is 4.82. The second-order valence-electron chi connectivity index (χ2n) is 4.82. The summed E-state index contributed by atoms with van der Waals surface area (Å²) in [5, 5.41) is 0. The lowest BCUT2D eigenvalue weighted by Gasteiger charge is -2.26. The molecular weight excluding hydrogens is 240 g/mol. The number of hydrogen-bond donors (Lipinski definition) is 1. The first-order valence-corrected chi connectivity index (χ1v) is 7.12. The van der Waals surface area contributed by atoms with Crippen molar-refractivity contribution in [1.82, 2.24) is 9.97 Å². The first kappa shape index (κ1) is 15.5. The number of anilines is 2. The van der Waals surface area contributed by atoms with Gasteiger partial charge in [-0.05, 0) is 19.3 Å². The summed E-state index contributed by atoms with van der Waals surface area (Å²) < 4.78 is 5.55. The summed E-state index contributed by atoms with van der Waals surface area (Å²) in [6.45, 7) is 11.0. The Bertz CT molecular complexity index is 384. The lowest BCUT2D eigenvalue weighted by Crippen LogP contribution is -2.29.